The molecule has 1 atom stereocenters. The third-order valence-electron chi connectivity index (χ3n) is 4.08. The Labute approximate surface area is 156 Å². The summed E-state index contributed by atoms with van der Waals surface area (Å²) in [5.41, 5.74) is -2.05. The van der Waals surface area contributed by atoms with Crippen LogP contribution in [0.15, 0.2) is 23.1 Å². The van der Waals surface area contributed by atoms with Gasteiger partial charge in [0, 0.05) is 13.1 Å². The fraction of sp³-hybridized carbons (Fsp3) is 0.533. The van der Waals surface area contributed by atoms with Crippen LogP contribution < -0.4 is 5.32 Å². The van der Waals surface area contributed by atoms with Gasteiger partial charge in [0.25, 0.3) is 0 Å². The highest BCUT2D eigenvalue weighted by atomic mass is 35.5. The number of carbonyl (C=O) groups excluding carboxylic acids is 1. The summed E-state index contributed by atoms with van der Waals surface area (Å²) in [6.45, 7) is 1.11. The topological polar surface area (TPSA) is 75.7 Å². The molecule has 0 aliphatic carbocycles. The molecule has 1 heterocycles. The Morgan fingerprint density at radius 2 is 2.04 bits per heavy atom. The van der Waals surface area contributed by atoms with Crippen LogP contribution in [0.5, 0.6) is 0 Å². The molecule has 1 saturated heterocycles. The highest BCUT2D eigenvalue weighted by Gasteiger charge is 2.38. The van der Waals surface area contributed by atoms with Gasteiger partial charge in [-0.2, -0.15) is 17.5 Å². The van der Waals surface area contributed by atoms with Crippen molar-refractivity contribution in [1.29, 1.82) is 0 Å². The van der Waals surface area contributed by atoms with Crippen LogP contribution >= 0.6 is 12.4 Å². The first kappa shape index (κ1) is 22.7. The highest BCUT2D eigenvalue weighted by Crippen LogP contribution is 2.35. The summed E-state index contributed by atoms with van der Waals surface area (Å²) in [5, 5.41) is 2.96. The number of halogens is 4. The van der Waals surface area contributed by atoms with E-state index in [0.717, 1.165) is 19.2 Å². The number of ether oxygens (including phenoxy) is 1. The molecule has 148 valence electrons. The van der Waals surface area contributed by atoms with Crippen LogP contribution in [0.2, 0.25) is 0 Å². The van der Waals surface area contributed by atoms with E-state index in [-0.39, 0.29) is 31.4 Å². The van der Waals surface area contributed by atoms with Gasteiger partial charge in [0.05, 0.1) is 23.1 Å². The molecule has 1 aromatic carbocycles. The van der Waals surface area contributed by atoms with Crippen LogP contribution in [0, 0.1) is 5.92 Å². The fourth-order valence-electron chi connectivity index (χ4n) is 2.83. The Morgan fingerprint density at radius 1 is 1.38 bits per heavy atom. The van der Waals surface area contributed by atoms with Crippen LogP contribution in [0.1, 0.15) is 22.3 Å². The minimum absolute atomic E-state index is 0. The summed E-state index contributed by atoms with van der Waals surface area (Å²) in [7, 11) is -1.36. The van der Waals surface area contributed by atoms with Crippen molar-refractivity contribution in [2.75, 3.05) is 33.8 Å². The number of esters is 1. The molecule has 1 aliphatic heterocycles. The number of carbonyl (C=O) groups is 1. The van der Waals surface area contributed by atoms with Gasteiger partial charge in [0.2, 0.25) is 10.0 Å². The largest absolute Gasteiger partial charge is 0.465 e. The predicted octanol–water partition coefficient (Wildman–Crippen LogP) is 2.14. The molecule has 1 N–H and O–H groups in total. The summed E-state index contributed by atoms with van der Waals surface area (Å²) in [5.74, 6) is -1.07. The van der Waals surface area contributed by atoms with E-state index in [2.05, 4.69) is 10.1 Å². The maximum Gasteiger partial charge on any atom is 0.417 e. The molecule has 0 aromatic heterocycles. The minimum atomic E-state index is -4.88. The van der Waals surface area contributed by atoms with Gasteiger partial charge >= 0.3 is 12.1 Å². The van der Waals surface area contributed by atoms with E-state index < -0.39 is 38.2 Å². The smallest absolute Gasteiger partial charge is 0.417 e. The van der Waals surface area contributed by atoms with Crippen molar-refractivity contribution >= 4 is 28.4 Å². The number of sulfonamides is 1. The van der Waals surface area contributed by atoms with Gasteiger partial charge < -0.3 is 10.1 Å². The number of methoxy groups -OCH3 is 1. The van der Waals surface area contributed by atoms with Crippen LogP contribution in [0.4, 0.5) is 13.2 Å². The average Bonchev–Trinajstić information content (AvgIpc) is 3.02. The second-order valence-electron chi connectivity index (χ2n) is 5.77. The highest BCUT2D eigenvalue weighted by molar-refractivity contribution is 7.89. The van der Waals surface area contributed by atoms with Crippen molar-refractivity contribution in [3.8, 4) is 0 Å². The predicted molar refractivity (Wildman–Crippen MR) is 90.8 cm³/mol. The number of rotatable bonds is 5. The molecule has 0 saturated carbocycles. The lowest BCUT2D eigenvalue weighted by Gasteiger charge is -2.19. The minimum Gasteiger partial charge on any atom is -0.465 e. The van der Waals surface area contributed by atoms with Crippen molar-refractivity contribution in [1.82, 2.24) is 9.62 Å². The van der Waals surface area contributed by atoms with E-state index in [1.807, 2.05) is 0 Å². The van der Waals surface area contributed by atoms with Gasteiger partial charge in [-0.1, -0.05) is 0 Å². The molecule has 26 heavy (non-hydrogen) atoms. The molecule has 1 unspecified atom stereocenters. The van der Waals surface area contributed by atoms with E-state index in [1.165, 1.54) is 4.31 Å². The monoisotopic (exact) mass is 416 g/mol. The molecule has 1 fully saturated rings. The first-order chi connectivity index (χ1) is 11.6. The molecule has 0 spiro atoms. The lowest BCUT2D eigenvalue weighted by Crippen LogP contribution is -2.31. The summed E-state index contributed by atoms with van der Waals surface area (Å²) in [4.78, 5) is 11.0. The zero-order valence-corrected chi connectivity index (χ0v) is 15.8. The molecule has 11 heteroatoms. The summed E-state index contributed by atoms with van der Waals surface area (Å²) < 4.78 is 70.5. The zero-order chi connectivity index (χ0) is 18.8. The van der Waals surface area contributed by atoms with Gasteiger partial charge in [-0.25, -0.2) is 13.2 Å². The van der Waals surface area contributed by atoms with Crippen molar-refractivity contribution in [2.45, 2.75) is 17.5 Å². The van der Waals surface area contributed by atoms with Gasteiger partial charge in [-0.05, 0) is 44.1 Å². The second-order valence-corrected chi connectivity index (χ2v) is 7.71. The zero-order valence-electron chi connectivity index (χ0n) is 14.2. The van der Waals surface area contributed by atoms with Crippen molar-refractivity contribution < 1.29 is 31.1 Å². The molecular weight excluding hydrogens is 397 g/mol. The molecular formula is C15H20ClF3N2O4S. The first-order valence-electron chi connectivity index (χ1n) is 7.55. The lowest BCUT2D eigenvalue weighted by atomic mass is 10.1. The Bertz CT molecular complexity index is 756. The van der Waals surface area contributed by atoms with E-state index in [4.69, 9.17) is 0 Å². The molecule has 0 amide bonds. The molecule has 6 nitrogen and oxygen atoms in total. The molecule has 0 bridgehead atoms. The Kier molecular flexibility index (Phi) is 7.46. The third kappa shape index (κ3) is 4.67. The van der Waals surface area contributed by atoms with Crippen molar-refractivity contribution in [3.05, 3.63) is 29.3 Å². The van der Waals surface area contributed by atoms with Crippen LogP contribution in [-0.4, -0.2) is 52.5 Å². The average molecular weight is 417 g/mol. The number of nitrogens with one attached hydrogen (secondary N) is 1. The van der Waals surface area contributed by atoms with Gasteiger partial charge in [0.15, 0.2) is 0 Å². The summed E-state index contributed by atoms with van der Waals surface area (Å²) in [6.07, 6.45) is -4.25. The molecule has 2 rings (SSSR count). The molecule has 1 aliphatic rings. The fourth-order valence-corrected chi connectivity index (χ4v) is 4.38. The SMILES string of the molecule is CNCC1CCN(S(=O)(=O)c2ccc(C(=O)OC)c(C(F)(F)F)c2)C1.Cl. The lowest BCUT2D eigenvalue weighted by molar-refractivity contribution is -0.138. The standard InChI is InChI=1S/C15H19F3N2O4S.ClH/c1-19-8-10-5-6-20(9-10)25(22,23)11-3-4-12(14(21)24-2)13(7-11)15(16,17)18;/h3-4,7,10,19H,5-6,8-9H2,1-2H3;1H. The Balaban J connectivity index is 0.00000338. The first-order valence-corrected chi connectivity index (χ1v) is 8.99. The van der Waals surface area contributed by atoms with Gasteiger partial charge in [-0.3, -0.25) is 0 Å². The van der Waals surface area contributed by atoms with Crippen molar-refractivity contribution in [3.63, 3.8) is 0 Å². The van der Waals surface area contributed by atoms with Gasteiger partial charge in [-0.15, -0.1) is 12.4 Å². The van der Waals surface area contributed by atoms with E-state index >= 15 is 0 Å². The Hall–Kier alpha value is -1.36. The van der Waals surface area contributed by atoms with Crippen molar-refractivity contribution in [2.24, 2.45) is 5.92 Å². The normalized spacial score (nSPS) is 18.4. The third-order valence-corrected chi connectivity index (χ3v) is 5.94. The quantitative estimate of drug-likeness (QED) is 0.744. The second kappa shape index (κ2) is 8.55. The van der Waals surface area contributed by atoms with E-state index in [0.29, 0.717) is 19.0 Å². The Morgan fingerprint density at radius 3 is 2.58 bits per heavy atom. The van der Waals surface area contributed by atoms with Crippen LogP contribution in [0.3, 0.4) is 0 Å². The summed E-state index contributed by atoms with van der Waals surface area (Å²) in [6, 6.07) is 2.33. The maximum atomic E-state index is 13.2. The van der Waals surface area contributed by atoms with Crippen LogP contribution in [0.25, 0.3) is 0 Å². The summed E-state index contributed by atoms with van der Waals surface area (Å²) >= 11 is 0. The number of benzene rings is 1. The molecule has 0 radical (unpaired) electrons. The number of hydrogen-bond donors (Lipinski definition) is 1. The van der Waals surface area contributed by atoms with Crippen LogP contribution in [-0.2, 0) is 20.9 Å². The maximum absolute atomic E-state index is 13.2. The van der Waals surface area contributed by atoms with Gasteiger partial charge in [0.1, 0.15) is 0 Å². The number of alkyl halides is 3. The molecule has 1 aromatic rings. The number of nitrogens with zero attached hydrogens (tertiary/aromatic N) is 1. The number of hydrogen-bond acceptors (Lipinski definition) is 5. The van der Waals surface area contributed by atoms with E-state index in [1.54, 1.807) is 7.05 Å². The van der Waals surface area contributed by atoms with E-state index in [9.17, 15) is 26.4 Å².